The molecule has 0 aliphatic carbocycles. The Morgan fingerprint density at radius 1 is 0.703 bits per heavy atom. The predicted octanol–water partition coefficient (Wildman–Crippen LogP) is 6.84. The molecule has 0 bridgehead atoms. The summed E-state index contributed by atoms with van der Waals surface area (Å²) >= 11 is 0. The molecule has 9 heteroatoms. The summed E-state index contributed by atoms with van der Waals surface area (Å²) in [5, 5.41) is 22.7. The third-order valence-corrected chi connectivity index (χ3v) is 5.97. The summed E-state index contributed by atoms with van der Waals surface area (Å²) in [6, 6.07) is 23.6. The minimum atomic E-state index is -0.327. The molecular formula is C28H24F2N4O2Pt. The zero-order chi connectivity index (χ0) is 25.2. The molecule has 4 aromatic carbocycles. The topological polar surface area (TPSA) is 62.2 Å². The van der Waals surface area contributed by atoms with Crippen LogP contribution in [-0.2, 0) is 21.1 Å². The van der Waals surface area contributed by atoms with Crippen molar-refractivity contribution in [1.29, 1.82) is 0 Å². The number of nitrogens with zero attached hydrogens (tertiary/aromatic N) is 3. The first-order valence-electron chi connectivity index (χ1n) is 11.4. The van der Waals surface area contributed by atoms with Gasteiger partial charge in [-0.2, -0.15) is 6.67 Å². The summed E-state index contributed by atoms with van der Waals surface area (Å²) in [4.78, 5) is 5.23. The van der Waals surface area contributed by atoms with Crippen LogP contribution in [0.5, 0.6) is 11.5 Å². The fraction of sp³-hybridized carbons (Fsp3) is 0.0714. The van der Waals surface area contributed by atoms with Crippen molar-refractivity contribution in [2.24, 2.45) is 0 Å². The molecule has 0 atom stereocenters. The average Bonchev–Trinajstić information content (AvgIpc) is 3.48. The minimum absolute atomic E-state index is 0. The summed E-state index contributed by atoms with van der Waals surface area (Å²) in [7, 11) is 0. The van der Waals surface area contributed by atoms with E-state index in [1.807, 2.05) is 30.6 Å². The van der Waals surface area contributed by atoms with Gasteiger partial charge in [0.2, 0.25) is 0 Å². The zero-order valence-corrected chi connectivity index (χ0v) is 22.0. The normalized spacial score (nSPS) is 13.2. The number of aromatic hydroxyl groups is 2. The van der Waals surface area contributed by atoms with Crippen LogP contribution in [0.2, 0.25) is 0 Å². The van der Waals surface area contributed by atoms with Gasteiger partial charge in [0.25, 0.3) is 0 Å². The molecule has 3 N–H and O–H groups in total. The maximum absolute atomic E-state index is 14.1. The number of hydrogen-bond acceptors (Lipinski definition) is 6. The van der Waals surface area contributed by atoms with Crippen molar-refractivity contribution in [2.45, 2.75) is 6.92 Å². The van der Waals surface area contributed by atoms with Gasteiger partial charge in [-0.25, -0.2) is 8.78 Å². The standard InChI is InChI=1S/C15H14FN2O.C13H10FN2O.Pt/c1-2-17-10-18(12-7-3-4-9-14(12)19)15-11(16)6-5-8-13(15)17;14-9-4-3-5-10-13(9)16(8-15-10)11-6-1-2-7-12(11)17;/h3-10,19H,2H2,1H3;1-8,15,17H;/q2*-1;+2. The van der Waals surface area contributed by atoms with E-state index in [0.29, 0.717) is 28.4 Å². The van der Waals surface area contributed by atoms with E-state index in [2.05, 4.69) is 5.32 Å². The molecule has 0 radical (unpaired) electrons. The van der Waals surface area contributed by atoms with Crippen molar-refractivity contribution in [3.8, 4) is 11.5 Å². The van der Waals surface area contributed by atoms with E-state index in [1.54, 1.807) is 77.1 Å². The summed E-state index contributed by atoms with van der Waals surface area (Å²) in [5.74, 6) is -0.382. The summed E-state index contributed by atoms with van der Waals surface area (Å²) < 4.78 is 27.9. The van der Waals surface area contributed by atoms with Gasteiger partial charge >= 0.3 is 21.1 Å². The number of hydrogen-bond donors (Lipinski definition) is 3. The van der Waals surface area contributed by atoms with Crippen molar-refractivity contribution in [3.63, 3.8) is 0 Å². The molecule has 0 aromatic heterocycles. The molecule has 6 rings (SSSR count). The van der Waals surface area contributed by atoms with Gasteiger partial charge in [0.1, 0.15) is 23.1 Å². The maximum atomic E-state index is 14.1. The predicted molar refractivity (Wildman–Crippen MR) is 139 cm³/mol. The van der Waals surface area contributed by atoms with Crippen LogP contribution >= 0.6 is 0 Å². The Balaban J connectivity index is 0.000000169. The molecule has 2 aliphatic rings. The number of phenolic OH excluding ortho intramolecular Hbond substituents is 2. The van der Waals surface area contributed by atoms with E-state index in [0.717, 1.165) is 12.2 Å². The van der Waals surface area contributed by atoms with Crippen molar-refractivity contribution < 1.29 is 40.1 Å². The number of phenols is 2. The second-order valence-corrected chi connectivity index (χ2v) is 8.14. The third kappa shape index (κ3) is 4.94. The number of para-hydroxylation sites is 6. The van der Waals surface area contributed by atoms with Gasteiger partial charge in [-0.15, -0.1) is 6.67 Å². The Kier molecular flexibility index (Phi) is 7.88. The molecule has 192 valence electrons. The quantitative estimate of drug-likeness (QED) is 0.206. The van der Waals surface area contributed by atoms with Gasteiger partial charge in [0, 0.05) is 11.4 Å². The first kappa shape index (κ1) is 26.3. The minimum Gasteiger partial charge on any atom is -0.514 e. The molecule has 2 aliphatic heterocycles. The van der Waals surface area contributed by atoms with E-state index in [4.69, 9.17) is 0 Å². The molecule has 0 amide bonds. The van der Waals surface area contributed by atoms with E-state index >= 15 is 0 Å². The molecule has 0 unspecified atom stereocenters. The van der Waals surface area contributed by atoms with Crippen LogP contribution in [0.1, 0.15) is 6.92 Å². The van der Waals surface area contributed by atoms with Crippen molar-refractivity contribution in [2.75, 3.05) is 26.6 Å². The van der Waals surface area contributed by atoms with Gasteiger partial charge in [-0.05, 0) is 62.0 Å². The van der Waals surface area contributed by atoms with Crippen LogP contribution in [-0.4, -0.2) is 16.8 Å². The summed E-state index contributed by atoms with van der Waals surface area (Å²) in [6.07, 6.45) is 0. The SMILES string of the molecule is CCN1[CH-]N(c2ccccc2O)c2c(F)cccc21.Oc1ccccc1N1[CH-]Nc2cccc(F)c21.[Pt+2]. The Morgan fingerprint density at radius 3 is 1.86 bits per heavy atom. The van der Waals surface area contributed by atoms with Crippen molar-refractivity contribution >= 4 is 34.1 Å². The van der Waals surface area contributed by atoms with Crippen LogP contribution in [0.3, 0.4) is 0 Å². The first-order valence-corrected chi connectivity index (χ1v) is 11.4. The number of fused-ring (bicyclic) bond motifs is 2. The maximum Gasteiger partial charge on any atom is 2.00 e. The molecule has 6 nitrogen and oxygen atoms in total. The molecule has 0 saturated heterocycles. The molecule has 4 aromatic rings. The van der Waals surface area contributed by atoms with E-state index in [1.165, 1.54) is 12.1 Å². The van der Waals surface area contributed by atoms with Crippen LogP contribution in [0.15, 0.2) is 84.9 Å². The first-order chi connectivity index (χ1) is 17.5. The molecule has 37 heavy (non-hydrogen) atoms. The molecule has 0 spiro atoms. The fourth-order valence-electron chi connectivity index (χ4n) is 4.27. The van der Waals surface area contributed by atoms with Crippen LogP contribution in [0.4, 0.5) is 42.9 Å². The largest absolute Gasteiger partial charge is 2.00 e. The third-order valence-electron chi connectivity index (χ3n) is 5.97. The van der Waals surface area contributed by atoms with Gasteiger partial charge in [-0.3, -0.25) is 0 Å². The molecule has 0 saturated carbocycles. The van der Waals surface area contributed by atoms with E-state index < -0.39 is 0 Å². The molecular weight excluding hydrogens is 657 g/mol. The van der Waals surface area contributed by atoms with Gasteiger partial charge < -0.3 is 30.2 Å². The van der Waals surface area contributed by atoms with E-state index in [9.17, 15) is 19.0 Å². The van der Waals surface area contributed by atoms with Gasteiger partial charge in [0.15, 0.2) is 0 Å². The van der Waals surface area contributed by atoms with Crippen LogP contribution in [0, 0.1) is 25.0 Å². The number of benzene rings is 4. The monoisotopic (exact) mass is 681 g/mol. The van der Waals surface area contributed by atoms with Gasteiger partial charge in [-0.1, -0.05) is 36.4 Å². The zero-order valence-electron chi connectivity index (χ0n) is 19.8. The number of anilines is 6. The summed E-state index contributed by atoms with van der Waals surface area (Å²) in [6.45, 7) is 6.17. The smallest absolute Gasteiger partial charge is 0.514 e. The second kappa shape index (κ2) is 11.1. The Hall–Kier alpha value is -3.77. The number of nitrogens with one attached hydrogen (secondary N) is 1. The fourth-order valence-corrected chi connectivity index (χ4v) is 4.27. The van der Waals surface area contributed by atoms with Crippen molar-refractivity contribution in [1.82, 2.24) is 0 Å². The van der Waals surface area contributed by atoms with Crippen molar-refractivity contribution in [3.05, 3.63) is 110 Å². The summed E-state index contributed by atoms with van der Waals surface area (Å²) in [5.41, 5.74) is 3.52. The van der Waals surface area contributed by atoms with Gasteiger partial charge in [0.05, 0.1) is 22.7 Å². The average molecular weight is 682 g/mol. The van der Waals surface area contributed by atoms with Crippen LogP contribution in [0.25, 0.3) is 0 Å². The Labute approximate surface area is 228 Å². The molecule has 0 fully saturated rings. The number of rotatable bonds is 3. The second-order valence-electron chi connectivity index (χ2n) is 8.14. The Bertz CT molecular complexity index is 1400. The van der Waals surface area contributed by atoms with E-state index in [-0.39, 0.29) is 44.2 Å². The Morgan fingerprint density at radius 2 is 1.24 bits per heavy atom. The molecule has 2 heterocycles. The number of halogens is 2. The van der Waals surface area contributed by atoms with Crippen LogP contribution < -0.4 is 20.0 Å².